The minimum absolute atomic E-state index is 0.0463. The maximum Gasteiger partial charge on any atom is 0.333 e. The van der Waals surface area contributed by atoms with Crippen LogP contribution in [0.3, 0.4) is 0 Å². The number of ether oxygens (including phenoxy) is 6. The van der Waals surface area contributed by atoms with Gasteiger partial charge in [0.25, 0.3) is 0 Å². The van der Waals surface area contributed by atoms with Gasteiger partial charge >= 0.3 is 11.9 Å². The topological polar surface area (TPSA) is 130 Å². The average Bonchev–Trinajstić information content (AvgIpc) is 3.11. The fraction of sp³-hybridized carbons (Fsp3) is 0.727. The Morgan fingerprint density at radius 2 is 0.926 bits per heavy atom. The van der Waals surface area contributed by atoms with E-state index >= 15 is 0 Å². The van der Waals surface area contributed by atoms with E-state index in [9.17, 15) is 19.8 Å². The van der Waals surface area contributed by atoms with Crippen molar-refractivity contribution in [3.05, 3.63) is 47.6 Å². The Morgan fingerprint density at radius 3 is 1.24 bits per heavy atom. The minimum Gasteiger partial charge on any atom is -0.490 e. The van der Waals surface area contributed by atoms with Crippen molar-refractivity contribution >= 4 is 11.9 Å². The van der Waals surface area contributed by atoms with Crippen molar-refractivity contribution < 1.29 is 48.2 Å². The Bertz CT molecular complexity index is 1370. The first-order valence-corrected chi connectivity index (χ1v) is 20.5. The molecule has 10 nitrogen and oxygen atoms in total. The molecular weight excluding hydrogens is 688 g/mol. The van der Waals surface area contributed by atoms with E-state index < -0.39 is 24.1 Å². The number of hydrogen-bond acceptors (Lipinski definition) is 10. The van der Waals surface area contributed by atoms with Gasteiger partial charge < -0.3 is 38.6 Å². The average molecular weight is 751 g/mol. The summed E-state index contributed by atoms with van der Waals surface area (Å²) in [7, 11) is 0. The lowest BCUT2D eigenvalue weighted by atomic mass is 9.46. The molecular formula is C44H62O10. The van der Waals surface area contributed by atoms with Gasteiger partial charge in [0.2, 0.25) is 0 Å². The van der Waals surface area contributed by atoms with Crippen LogP contribution in [0, 0.1) is 35.5 Å². The molecule has 0 amide bonds. The Morgan fingerprint density at radius 1 is 0.593 bits per heavy atom. The minimum atomic E-state index is -0.883. The van der Waals surface area contributed by atoms with E-state index in [0.29, 0.717) is 11.1 Å². The maximum atomic E-state index is 11.7. The van der Waals surface area contributed by atoms with Gasteiger partial charge in [0.1, 0.15) is 50.1 Å². The van der Waals surface area contributed by atoms with Crippen LogP contribution in [0.15, 0.2) is 36.4 Å². The van der Waals surface area contributed by atoms with Gasteiger partial charge in [-0.2, -0.15) is 0 Å². The Hall–Kier alpha value is -2.92. The van der Waals surface area contributed by atoms with Gasteiger partial charge in [-0.15, -0.1) is 0 Å². The molecule has 2 N–H and O–H groups in total. The highest BCUT2D eigenvalue weighted by Gasteiger charge is 2.55. The lowest BCUT2D eigenvalue weighted by Crippen LogP contribution is -2.50. The number of carbonyl (C=O) groups excluding carboxylic acids is 2. The molecule has 0 radical (unpaired) electrons. The molecule has 8 fully saturated rings. The molecule has 9 rings (SSSR count). The molecule has 54 heavy (non-hydrogen) atoms. The SMILES string of the molecule is C=C(C)C(=O)OCCOCC(O)COc1cc(OCC(O)COCCOC(=O)C(=C)C)c(C23CC4CC(CC(C4)C2)C3)cc1C12CC3CC(CC(C3)C1)C2. The molecule has 2 atom stereocenters. The van der Waals surface area contributed by atoms with Crippen LogP contribution < -0.4 is 9.47 Å². The summed E-state index contributed by atoms with van der Waals surface area (Å²) in [6, 6.07) is 4.56. The van der Waals surface area contributed by atoms with E-state index in [2.05, 4.69) is 25.3 Å². The van der Waals surface area contributed by atoms with Gasteiger partial charge in [0, 0.05) is 28.3 Å². The number of aliphatic hydroxyl groups excluding tert-OH is 2. The second kappa shape index (κ2) is 16.7. The molecule has 8 bridgehead atoms. The van der Waals surface area contributed by atoms with Crippen LogP contribution in [-0.4, -0.2) is 87.2 Å². The standard InChI is InChI=1S/C44H62O10/c1-27(2)41(47)51-7-5-49-23-35(45)25-53-39-16-40(54-26-36(46)24-50-6-8-52-42(48)28(3)4)38(44-20-32-12-33(21-44)14-34(13-32)22-44)15-37(39)43-17-29-9-30(18-43)11-31(10-29)19-43/h15-16,29-36,45-46H,1,3,5-14,17-26H2,2,4H3. The molecule has 0 heterocycles. The third-order valence-electron chi connectivity index (χ3n) is 13.4. The molecule has 8 saturated carbocycles. The van der Waals surface area contributed by atoms with E-state index in [1.165, 1.54) is 88.2 Å². The largest absolute Gasteiger partial charge is 0.490 e. The van der Waals surface area contributed by atoms with Crippen molar-refractivity contribution in [1.29, 1.82) is 0 Å². The van der Waals surface area contributed by atoms with Gasteiger partial charge in [-0.05, 0) is 143 Å². The first-order valence-electron chi connectivity index (χ1n) is 20.5. The fourth-order valence-electron chi connectivity index (χ4n) is 12.0. The summed E-state index contributed by atoms with van der Waals surface area (Å²) in [5.41, 5.74) is 3.33. The summed E-state index contributed by atoms with van der Waals surface area (Å²) in [4.78, 5) is 23.4. The number of benzene rings is 1. The Labute approximate surface area is 320 Å². The van der Waals surface area contributed by atoms with Crippen molar-refractivity contribution in [1.82, 2.24) is 0 Å². The molecule has 8 aliphatic rings. The van der Waals surface area contributed by atoms with E-state index in [4.69, 9.17) is 28.4 Å². The number of rotatable bonds is 20. The first-order chi connectivity index (χ1) is 25.9. The van der Waals surface area contributed by atoms with Crippen molar-refractivity contribution in [2.45, 2.75) is 114 Å². The quantitative estimate of drug-likeness (QED) is 0.0881. The predicted octanol–water partition coefficient (Wildman–Crippen LogP) is 6.37. The van der Waals surface area contributed by atoms with Crippen molar-refractivity contribution in [2.75, 3.05) is 52.9 Å². The number of esters is 2. The highest BCUT2D eigenvalue weighted by atomic mass is 16.6. The zero-order valence-electron chi connectivity index (χ0n) is 32.5. The molecule has 1 aromatic carbocycles. The van der Waals surface area contributed by atoms with Crippen LogP contribution >= 0.6 is 0 Å². The summed E-state index contributed by atoms with van der Waals surface area (Å²) in [5, 5.41) is 22.0. The van der Waals surface area contributed by atoms with Crippen molar-refractivity contribution in [2.24, 2.45) is 35.5 Å². The highest BCUT2D eigenvalue weighted by molar-refractivity contribution is 5.87. The third kappa shape index (κ3) is 8.87. The summed E-state index contributed by atoms with van der Waals surface area (Å²) >= 11 is 0. The molecule has 10 heteroatoms. The molecule has 2 unspecified atom stereocenters. The summed E-state index contributed by atoms with van der Waals surface area (Å²) < 4.78 is 34.7. The summed E-state index contributed by atoms with van der Waals surface area (Å²) in [6.45, 7) is 11.1. The van der Waals surface area contributed by atoms with Crippen LogP contribution in [0.2, 0.25) is 0 Å². The van der Waals surface area contributed by atoms with Crippen LogP contribution in [0.1, 0.15) is 102 Å². The molecule has 298 valence electrons. The zero-order valence-corrected chi connectivity index (χ0v) is 32.5. The highest BCUT2D eigenvalue weighted by Crippen LogP contribution is 2.65. The Balaban J connectivity index is 1.11. The molecule has 1 aromatic rings. The summed E-state index contributed by atoms with van der Waals surface area (Å²) in [6.07, 6.45) is 13.4. The van der Waals surface area contributed by atoms with Gasteiger partial charge in [-0.1, -0.05) is 13.2 Å². The molecule has 8 aliphatic carbocycles. The number of carbonyl (C=O) groups is 2. The van der Waals surface area contributed by atoms with E-state index in [0.717, 1.165) is 47.0 Å². The monoisotopic (exact) mass is 750 g/mol. The smallest absolute Gasteiger partial charge is 0.333 e. The van der Waals surface area contributed by atoms with E-state index in [1.807, 2.05) is 0 Å². The van der Waals surface area contributed by atoms with Crippen molar-refractivity contribution in [3.8, 4) is 11.5 Å². The number of aliphatic hydroxyl groups is 2. The second-order valence-electron chi connectivity index (χ2n) is 18.2. The number of hydrogen-bond donors (Lipinski definition) is 2. The molecule has 0 aliphatic heterocycles. The maximum absolute atomic E-state index is 11.7. The van der Waals surface area contributed by atoms with E-state index in [1.54, 1.807) is 13.8 Å². The van der Waals surface area contributed by atoms with Crippen LogP contribution in [0.4, 0.5) is 0 Å². The van der Waals surface area contributed by atoms with Crippen LogP contribution in [-0.2, 0) is 39.4 Å². The lowest BCUT2D eigenvalue weighted by Gasteiger charge is -2.58. The molecule has 0 spiro atoms. The van der Waals surface area contributed by atoms with Crippen molar-refractivity contribution in [3.63, 3.8) is 0 Å². The fourth-order valence-corrected chi connectivity index (χ4v) is 12.0. The molecule has 0 aromatic heterocycles. The predicted molar refractivity (Wildman–Crippen MR) is 202 cm³/mol. The van der Waals surface area contributed by atoms with Gasteiger partial charge in [0.15, 0.2) is 0 Å². The normalized spacial score (nSPS) is 32.6. The van der Waals surface area contributed by atoms with E-state index in [-0.39, 0.29) is 63.7 Å². The lowest BCUT2D eigenvalue weighted by molar-refractivity contribution is -0.141. The van der Waals surface area contributed by atoms with Gasteiger partial charge in [0.05, 0.1) is 26.4 Å². The third-order valence-corrected chi connectivity index (χ3v) is 13.4. The summed E-state index contributed by atoms with van der Waals surface area (Å²) in [5.74, 6) is 5.11. The Kier molecular flexibility index (Phi) is 12.1. The van der Waals surface area contributed by atoms with Crippen LogP contribution in [0.5, 0.6) is 11.5 Å². The molecule has 0 saturated heterocycles. The van der Waals surface area contributed by atoms with Gasteiger partial charge in [-0.3, -0.25) is 0 Å². The zero-order chi connectivity index (χ0) is 38.0. The van der Waals surface area contributed by atoms with Gasteiger partial charge in [-0.25, -0.2) is 9.59 Å². The second-order valence-corrected chi connectivity index (χ2v) is 18.2. The first kappa shape index (κ1) is 39.3. The van der Waals surface area contributed by atoms with Crippen LogP contribution in [0.25, 0.3) is 0 Å².